The monoisotopic (exact) mass is 362 g/mol. The Labute approximate surface area is 155 Å². The van der Waals surface area contributed by atoms with E-state index in [1.54, 1.807) is 17.0 Å². The van der Waals surface area contributed by atoms with Crippen LogP contribution < -0.4 is 4.74 Å². The molecule has 3 rings (SSSR count). The molecule has 6 heteroatoms. The first-order valence-electron chi connectivity index (χ1n) is 9.62. The molecule has 1 aromatic rings. The molecule has 2 N–H and O–H groups in total. The van der Waals surface area contributed by atoms with Crippen LogP contribution in [0, 0.1) is 11.8 Å². The second kappa shape index (κ2) is 8.73. The van der Waals surface area contributed by atoms with Crippen molar-refractivity contribution in [2.45, 2.75) is 25.7 Å². The SMILES string of the molecule is COc1ccc(C(=O)N2C[C@@H](CN3CCCCCC3)[C@@H](CO)C2)c(O)c1. The number of nitrogens with zero attached hydrogens (tertiary/aromatic N) is 2. The van der Waals surface area contributed by atoms with Gasteiger partial charge >= 0.3 is 0 Å². The summed E-state index contributed by atoms with van der Waals surface area (Å²) in [6.07, 6.45) is 5.07. The molecule has 0 aliphatic carbocycles. The van der Waals surface area contributed by atoms with Gasteiger partial charge in [0.15, 0.2) is 0 Å². The van der Waals surface area contributed by atoms with Crippen LogP contribution in [0.3, 0.4) is 0 Å². The molecule has 6 nitrogen and oxygen atoms in total. The van der Waals surface area contributed by atoms with Crippen molar-refractivity contribution in [1.82, 2.24) is 9.80 Å². The molecule has 0 spiro atoms. The van der Waals surface area contributed by atoms with E-state index in [-0.39, 0.29) is 35.7 Å². The Balaban J connectivity index is 1.66. The number of ether oxygens (including phenoxy) is 1. The van der Waals surface area contributed by atoms with Crippen molar-refractivity contribution < 1.29 is 19.7 Å². The minimum atomic E-state index is -0.179. The van der Waals surface area contributed by atoms with Crippen LogP contribution in [0.25, 0.3) is 0 Å². The van der Waals surface area contributed by atoms with Gasteiger partial charge in [-0.05, 0) is 44.0 Å². The average molecular weight is 362 g/mol. The lowest BCUT2D eigenvalue weighted by Crippen LogP contribution is -2.35. The van der Waals surface area contributed by atoms with Crippen molar-refractivity contribution in [3.05, 3.63) is 23.8 Å². The fourth-order valence-electron chi connectivity index (χ4n) is 4.16. The lowest BCUT2D eigenvalue weighted by atomic mass is 9.96. The van der Waals surface area contributed by atoms with Crippen molar-refractivity contribution in [1.29, 1.82) is 0 Å². The molecule has 1 aromatic carbocycles. The van der Waals surface area contributed by atoms with Gasteiger partial charge in [0, 0.05) is 38.2 Å². The van der Waals surface area contributed by atoms with Gasteiger partial charge < -0.3 is 24.7 Å². The summed E-state index contributed by atoms with van der Waals surface area (Å²) >= 11 is 0. The van der Waals surface area contributed by atoms with E-state index >= 15 is 0 Å². The van der Waals surface area contributed by atoms with E-state index in [1.807, 2.05) is 0 Å². The number of aromatic hydroxyl groups is 1. The number of phenolic OH excluding ortho intramolecular Hbond substituents is 1. The number of hydrogen-bond acceptors (Lipinski definition) is 5. The molecular weight excluding hydrogens is 332 g/mol. The van der Waals surface area contributed by atoms with E-state index in [0.717, 1.165) is 19.6 Å². The van der Waals surface area contributed by atoms with Crippen molar-refractivity contribution in [2.75, 3.05) is 46.4 Å². The molecule has 26 heavy (non-hydrogen) atoms. The predicted octanol–water partition coefficient (Wildman–Crippen LogP) is 1.96. The summed E-state index contributed by atoms with van der Waals surface area (Å²) in [4.78, 5) is 17.1. The highest BCUT2D eigenvalue weighted by Crippen LogP contribution is 2.30. The van der Waals surface area contributed by atoms with Gasteiger partial charge in [-0.15, -0.1) is 0 Å². The Morgan fingerprint density at radius 2 is 1.85 bits per heavy atom. The molecule has 0 aromatic heterocycles. The van der Waals surface area contributed by atoms with Crippen LogP contribution in [0.5, 0.6) is 11.5 Å². The van der Waals surface area contributed by atoms with Gasteiger partial charge in [0.1, 0.15) is 11.5 Å². The van der Waals surface area contributed by atoms with Gasteiger partial charge in [-0.2, -0.15) is 0 Å². The molecule has 0 unspecified atom stereocenters. The van der Waals surface area contributed by atoms with E-state index in [4.69, 9.17) is 4.74 Å². The third kappa shape index (κ3) is 4.30. The fourth-order valence-corrected chi connectivity index (χ4v) is 4.16. The minimum absolute atomic E-state index is 0.0640. The number of carbonyl (C=O) groups is 1. The maximum absolute atomic E-state index is 12.9. The molecule has 2 saturated heterocycles. The van der Waals surface area contributed by atoms with Crippen molar-refractivity contribution in [3.63, 3.8) is 0 Å². The maximum atomic E-state index is 12.9. The first-order chi connectivity index (χ1) is 12.6. The fraction of sp³-hybridized carbons (Fsp3) is 0.650. The van der Waals surface area contributed by atoms with E-state index in [2.05, 4.69) is 4.90 Å². The largest absolute Gasteiger partial charge is 0.507 e. The van der Waals surface area contributed by atoms with Crippen molar-refractivity contribution >= 4 is 5.91 Å². The van der Waals surface area contributed by atoms with E-state index in [1.165, 1.54) is 38.9 Å². The quantitative estimate of drug-likeness (QED) is 0.838. The number of aliphatic hydroxyl groups excluding tert-OH is 1. The lowest BCUT2D eigenvalue weighted by Gasteiger charge is -2.26. The molecule has 2 aliphatic heterocycles. The number of hydrogen-bond donors (Lipinski definition) is 2. The second-order valence-corrected chi connectivity index (χ2v) is 7.51. The minimum Gasteiger partial charge on any atom is -0.507 e. The summed E-state index contributed by atoms with van der Waals surface area (Å²) in [7, 11) is 1.52. The zero-order valence-corrected chi connectivity index (χ0v) is 15.6. The zero-order valence-electron chi connectivity index (χ0n) is 15.6. The highest BCUT2D eigenvalue weighted by atomic mass is 16.5. The van der Waals surface area contributed by atoms with Gasteiger partial charge in [-0.1, -0.05) is 12.8 Å². The van der Waals surface area contributed by atoms with Gasteiger partial charge in [-0.25, -0.2) is 0 Å². The summed E-state index contributed by atoms with van der Waals surface area (Å²) in [6, 6.07) is 4.75. The predicted molar refractivity (Wildman–Crippen MR) is 99.5 cm³/mol. The van der Waals surface area contributed by atoms with Gasteiger partial charge in [0.25, 0.3) is 5.91 Å². The summed E-state index contributed by atoms with van der Waals surface area (Å²) in [6.45, 7) is 4.43. The molecule has 2 atom stereocenters. The topological polar surface area (TPSA) is 73.2 Å². The molecule has 0 bridgehead atoms. The zero-order chi connectivity index (χ0) is 18.5. The molecule has 2 heterocycles. The number of aliphatic hydroxyl groups is 1. The third-order valence-electron chi connectivity index (χ3n) is 5.72. The molecular formula is C20H30N2O4. The molecule has 0 saturated carbocycles. The van der Waals surface area contributed by atoms with Gasteiger partial charge in [0.05, 0.1) is 12.7 Å². The number of rotatable bonds is 5. The summed E-state index contributed by atoms with van der Waals surface area (Å²) in [5, 5.41) is 19.9. The van der Waals surface area contributed by atoms with Crippen LogP contribution >= 0.6 is 0 Å². The Bertz CT molecular complexity index is 614. The van der Waals surface area contributed by atoms with E-state index in [0.29, 0.717) is 18.8 Å². The second-order valence-electron chi connectivity index (χ2n) is 7.51. The third-order valence-corrected chi connectivity index (χ3v) is 5.72. The van der Waals surface area contributed by atoms with Gasteiger partial charge in [-0.3, -0.25) is 4.79 Å². The molecule has 0 radical (unpaired) electrons. The summed E-state index contributed by atoms with van der Waals surface area (Å²) in [5.41, 5.74) is 0.290. The maximum Gasteiger partial charge on any atom is 0.257 e. The van der Waals surface area contributed by atoms with Crippen LogP contribution in [-0.2, 0) is 0 Å². The average Bonchev–Trinajstić information content (AvgIpc) is 2.87. The Morgan fingerprint density at radius 3 is 2.46 bits per heavy atom. The lowest BCUT2D eigenvalue weighted by molar-refractivity contribution is 0.0776. The first-order valence-corrected chi connectivity index (χ1v) is 9.62. The smallest absolute Gasteiger partial charge is 0.257 e. The summed E-state index contributed by atoms with van der Waals surface area (Å²) < 4.78 is 5.08. The molecule has 2 fully saturated rings. The summed E-state index contributed by atoms with van der Waals surface area (Å²) in [5.74, 6) is 0.658. The molecule has 1 amide bonds. The highest BCUT2D eigenvalue weighted by Gasteiger charge is 2.36. The van der Waals surface area contributed by atoms with Crippen molar-refractivity contribution in [3.8, 4) is 11.5 Å². The number of amides is 1. The number of benzene rings is 1. The molecule has 2 aliphatic rings. The number of phenols is 1. The molecule has 144 valence electrons. The van der Waals surface area contributed by atoms with E-state index in [9.17, 15) is 15.0 Å². The Morgan fingerprint density at radius 1 is 1.15 bits per heavy atom. The van der Waals surface area contributed by atoms with Crippen LogP contribution in [0.4, 0.5) is 0 Å². The van der Waals surface area contributed by atoms with Crippen LogP contribution in [-0.4, -0.2) is 72.4 Å². The van der Waals surface area contributed by atoms with Gasteiger partial charge in [0.2, 0.25) is 0 Å². The van der Waals surface area contributed by atoms with Crippen LogP contribution in [0.2, 0.25) is 0 Å². The number of methoxy groups -OCH3 is 1. The van der Waals surface area contributed by atoms with Crippen LogP contribution in [0.15, 0.2) is 18.2 Å². The first kappa shape index (κ1) is 19.0. The van der Waals surface area contributed by atoms with E-state index < -0.39 is 0 Å². The Hall–Kier alpha value is -1.79. The standard InChI is InChI=1S/C20H30N2O4/c1-26-17-6-7-18(19(24)10-17)20(25)22-12-15(16(13-22)14-23)11-21-8-4-2-3-5-9-21/h6-7,10,15-16,23-24H,2-5,8-9,11-14H2,1H3/t15-,16-/m1/s1. The number of likely N-dealkylation sites (tertiary alicyclic amines) is 2. The normalized spacial score (nSPS) is 24.5. The van der Waals surface area contributed by atoms with Crippen molar-refractivity contribution in [2.24, 2.45) is 11.8 Å². The van der Waals surface area contributed by atoms with Crippen LogP contribution in [0.1, 0.15) is 36.0 Å². The Kier molecular flexibility index (Phi) is 6.38. The highest BCUT2D eigenvalue weighted by molar-refractivity contribution is 5.97. The number of carbonyl (C=O) groups excluding carboxylic acids is 1.